The van der Waals surface area contributed by atoms with Gasteiger partial charge in [-0.1, -0.05) is 13.0 Å². The number of nitrogens with zero attached hydrogens (tertiary/aromatic N) is 1. The van der Waals surface area contributed by atoms with Crippen LogP contribution in [0.3, 0.4) is 0 Å². The average Bonchev–Trinajstić information content (AvgIpc) is 2.73. The first-order valence-electron chi connectivity index (χ1n) is 7.73. The van der Waals surface area contributed by atoms with Crippen LogP contribution in [0.5, 0.6) is 11.5 Å². The highest BCUT2D eigenvalue weighted by Crippen LogP contribution is 2.34. The van der Waals surface area contributed by atoms with Crippen LogP contribution >= 0.6 is 11.8 Å². The van der Waals surface area contributed by atoms with E-state index in [-0.39, 0.29) is 6.04 Å². The van der Waals surface area contributed by atoms with Crippen molar-refractivity contribution < 1.29 is 9.47 Å². The quantitative estimate of drug-likeness (QED) is 0.928. The van der Waals surface area contributed by atoms with Crippen LogP contribution in [0.15, 0.2) is 18.2 Å². The summed E-state index contributed by atoms with van der Waals surface area (Å²) in [6, 6.07) is 6.55. The molecule has 0 spiro atoms. The van der Waals surface area contributed by atoms with Gasteiger partial charge in [-0.25, -0.2) is 0 Å². The summed E-state index contributed by atoms with van der Waals surface area (Å²) in [7, 11) is 0. The summed E-state index contributed by atoms with van der Waals surface area (Å²) >= 11 is 2.04. The first kappa shape index (κ1) is 15.0. The van der Waals surface area contributed by atoms with Gasteiger partial charge < -0.3 is 15.2 Å². The molecule has 21 heavy (non-hydrogen) atoms. The standard InChI is InChI=1S/C16H24N2O2S/c1-12-11-18(5-8-21-12)14(10-17)13-3-4-15-16(9-13)20-7-2-6-19-15/h3-4,9,12,14H,2,5-8,10-11,17H2,1H3. The number of hydrogen-bond donors (Lipinski definition) is 1. The van der Waals surface area contributed by atoms with Gasteiger partial charge in [-0.3, -0.25) is 4.90 Å². The highest BCUT2D eigenvalue weighted by Gasteiger charge is 2.25. The molecule has 5 heteroatoms. The van der Waals surface area contributed by atoms with Crippen molar-refractivity contribution in [1.82, 2.24) is 4.90 Å². The molecule has 2 unspecified atom stereocenters. The fourth-order valence-corrected chi connectivity index (χ4v) is 4.05. The van der Waals surface area contributed by atoms with Crippen molar-refractivity contribution in [3.05, 3.63) is 23.8 Å². The van der Waals surface area contributed by atoms with Gasteiger partial charge in [-0.05, 0) is 17.7 Å². The van der Waals surface area contributed by atoms with Crippen LogP contribution in [0.2, 0.25) is 0 Å². The summed E-state index contributed by atoms with van der Waals surface area (Å²) in [4.78, 5) is 2.50. The molecule has 1 aromatic carbocycles. The largest absolute Gasteiger partial charge is 0.490 e. The predicted octanol–water partition coefficient (Wildman–Crippen LogP) is 2.29. The Morgan fingerprint density at radius 1 is 1.33 bits per heavy atom. The zero-order valence-corrected chi connectivity index (χ0v) is 13.4. The summed E-state index contributed by atoms with van der Waals surface area (Å²) in [5, 5.41) is 0.674. The van der Waals surface area contributed by atoms with Gasteiger partial charge in [0.2, 0.25) is 0 Å². The lowest BCUT2D eigenvalue weighted by Crippen LogP contribution is -2.42. The van der Waals surface area contributed by atoms with E-state index in [1.165, 1.54) is 11.3 Å². The van der Waals surface area contributed by atoms with Crippen molar-refractivity contribution >= 4 is 11.8 Å². The Morgan fingerprint density at radius 3 is 2.90 bits per heavy atom. The zero-order chi connectivity index (χ0) is 14.7. The number of nitrogens with two attached hydrogens (primary N) is 1. The monoisotopic (exact) mass is 308 g/mol. The molecule has 1 saturated heterocycles. The Morgan fingerprint density at radius 2 is 2.14 bits per heavy atom. The molecular weight excluding hydrogens is 284 g/mol. The number of ether oxygens (including phenoxy) is 2. The molecule has 2 aliphatic heterocycles. The smallest absolute Gasteiger partial charge is 0.161 e. The van der Waals surface area contributed by atoms with Gasteiger partial charge in [0.05, 0.1) is 13.2 Å². The molecule has 0 saturated carbocycles. The van der Waals surface area contributed by atoms with E-state index in [4.69, 9.17) is 15.2 Å². The molecule has 0 aromatic heterocycles. The van der Waals surface area contributed by atoms with Gasteiger partial charge >= 0.3 is 0 Å². The molecule has 4 nitrogen and oxygen atoms in total. The molecular formula is C16H24N2O2S. The van der Waals surface area contributed by atoms with E-state index in [1.54, 1.807) is 0 Å². The predicted molar refractivity (Wildman–Crippen MR) is 87.3 cm³/mol. The second kappa shape index (κ2) is 6.90. The van der Waals surface area contributed by atoms with Crippen LogP contribution in [0.25, 0.3) is 0 Å². The summed E-state index contributed by atoms with van der Waals surface area (Å²) in [5.41, 5.74) is 7.30. The SMILES string of the molecule is CC1CN(C(CN)c2ccc3c(c2)OCCCO3)CCS1. The van der Waals surface area contributed by atoms with Crippen molar-refractivity contribution in [2.24, 2.45) is 5.73 Å². The molecule has 116 valence electrons. The van der Waals surface area contributed by atoms with Gasteiger partial charge in [0.15, 0.2) is 11.5 Å². The fraction of sp³-hybridized carbons (Fsp3) is 0.625. The minimum absolute atomic E-state index is 0.269. The number of rotatable bonds is 3. The third-order valence-electron chi connectivity index (χ3n) is 4.09. The third kappa shape index (κ3) is 3.47. The Balaban J connectivity index is 1.81. The molecule has 3 rings (SSSR count). The molecule has 2 heterocycles. The zero-order valence-electron chi connectivity index (χ0n) is 12.6. The van der Waals surface area contributed by atoms with Crippen LogP contribution in [0, 0.1) is 0 Å². The van der Waals surface area contributed by atoms with Gasteiger partial charge in [0.1, 0.15) is 0 Å². The first-order chi connectivity index (χ1) is 10.3. The van der Waals surface area contributed by atoms with E-state index in [9.17, 15) is 0 Å². The van der Waals surface area contributed by atoms with Gasteiger partial charge in [-0.15, -0.1) is 0 Å². The van der Waals surface area contributed by atoms with Crippen LogP contribution in [0.4, 0.5) is 0 Å². The maximum absolute atomic E-state index is 6.07. The molecule has 2 atom stereocenters. The van der Waals surface area contributed by atoms with E-state index in [0.717, 1.165) is 44.2 Å². The van der Waals surface area contributed by atoms with E-state index in [1.807, 2.05) is 17.8 Å². The summed E-state index contributed by atoms with van der Waals surface area (Å²) in [6.07, 6.45) is 0.936. The summed E-state index contributed by atoms with van der Waals surface area (Å²) in [6.45, 7) is 6.58. The maximum atomic E-state index is 6.07. The topological polar surface area (TPSA) is 47.7 Å². The van der Waals surface area contributed by atoms with Crippen molar-refractivity contribution in [3.8, 4) is 11.5 Å². The first-order valence-corrected chi connectivity index (χ1v) is 8.78. The summed E-state index contributed by atoms with van der Waals surface area (Å²) < 4.78 is 11.5. The molecule has 1 fully saturated rings. The van der Waals surface area contributed by atoms with Gasteiger partial charge in [0, 0.05) is 43.1 Å². The minimum atomic E-state index is 0.269. The highest BCUT2D eigenvalue weighted by atomic mass is 32.2. The Hall–Kier alpha value is -0.910. The van der Waals surface area contributed by atoms with Gasteiger partial charge in [0.25, 0.3) is 0 Å². The second-order valence-electron chi connectivity index (χ2n) is 5.68. The second-order valence-corrected chi connectivity index (χ2v) is 7.23. The average molecular weight is 308 g/mol. The molecule has 0 aliphatic carbocycles. The molecule has 0 radical (unpaired) electrons. The molecule has 2 N–H and O–H groups in total. The van der Waals surface area contributed by atoms with Crippen molar-refractivity contribution in [1.29, 1.82) is 0 Å². The van der Waals surface area contributed by atoms with Crippen LogP contribution in [-0.4, -0.2) is 48.8 Å². The lowest BCUT2D eigenvalue weighted by atomic mass is 10.0. The molecule has 0 bridgehead atoms. The van der Waals surface area contributed by atoms with E-state index < -0.39 is 0 Å². The minimum Gasteiger partial charge on any atom is -0.490 e. The van der Waals surface area contributed by atoms with Crippen molar-refractivity contribution in [3.63, 3.8) is 0 Å². The Labute approximate surface area is 131 Å². The van der Waals surface area contributed by atoms with Crippen molar-refractivity contribution in [2.75, 3.05) is 38.6 Å². The van der Waals surface area contributed by atoms with E-state index in [0.29, 0.717) is 11.8 Å². The maximum Gasteiger partial charge on any atom is 0.161 e. The van der Waals surface area contributed by atoms with Gasteiger partial charge in [-0.2, -0.15) is 11.8 Å². The van der Waals surface area contributed by atoms with Crippen LogP contribution < -0.4 is 15.2 Å². The van der Waals surface area contributed by atoms with Crippen LogP contribution in [0.1, 0.15) is 24.9 Å². The third-order valence-corrected chi connectivity index (χ3v) is 5.23. The Kier molecular flexibility index (Phi) is 4.93. The normalized spacial score (nSPS) is 24.4. The molecule has 0 amide bonds. The number of hydrogen-bond acceptors (Lipinski definition) is 5. The summed E-state index contributed by atoms with van der Waals surface area (Å²) in [5.74, 6) is 2.90. The van der Waals surface area contributed by atoms with E-state index >= 15 is 0 Å². The Bertz CT molecular complexity index is 483. The lowest BCUT2D eigenvalue weighted by Gasteiger charge is -2.36. The number of benzene rings is 1. The van der Waals surface area contributed by atoms with E-state index in [2.05, 4.69) is 24.0 Å². The number of thioether (sulfide) groups is 1. The van der Waals surface area contributed by atoms with Crippen LogP contribution in [-0.2, 0) is 0 Å². The van der Waals surface area contributed by atoms with Crippen molar-refractivity contribution in [2.45, 2.75) is 24.6 Å². The molecule has 1 aromatic rings. The highest BCUT2D eigenvalue weighted by molar-refractivity contribution is 7.99. The lowest BCUT2D eigenvalue weighted by molar-refractivity contribution is 0.210. The number of fused-ring (bicyclic) bond motifs is 1. The molecule has 2 aliphatic rings. The fourth-order valence-electron chi connectivity index (χ4n) is 3.01.